The van der Waals surface area contributed by atoms with Gasteiger partial charge in [-0.3, -0.25) is 0 Å². The first-order valence-electron chi connectivity index (χ1n) is 7.46. The maximum atomic E-state index is 10.6. The second kappa shape index (κ2) is 8.49. The lowest BCUT2D eigenvalue weighted by Gasteiger charge is -2.30. The quantitative estimate of drug-likeness (QED) is 0.813. The van der Waals surface area contributed by atoms with Gasteiger partial charge in [-0.25, -0.2) is 4.79 Å². The summed E-state index contributed by atoms with van der Waals surface area (Å²) in [6.07, 6.45) is 9.48. The summed E-state index contributed by atoms with van der Waals surface area (Å²) in [6, 6.07) is 1.74. The van der Waals surface area contributed by atoms with E-state index in [-0.39, 0.29) is 0 Å². The summed E-state index contributed by atoms with van der Waals surface area (Å²) >= 11 is 0. The van der Waals surface area contributed by atoms with Crippen molar-refractivity contribution in [3.8, 4) is 0 Å². The molecule has 0 saturated heterocycles. The molecule has 0 heterocycles. The third-order valence-electron chi connectivity index (χ3n) is 3.92. The van der Waals surface area contributed by atoms with E-state index in [1.807, 2.05) is 0 Å². The van der Waals surface area contributed by atoms with Crippen LogP contribution in [0.5, 0.6) is 0 Å². The summed E-state index contributed by atoms with van der Waals surface area (Å²) in [6.45, 7) is 0. The van der Waals surface area contributed by atoms with Crippen molar-refractivity contribution >= 4 is 5.97 Å². The minimum atomic E-state index is -5.08. The van der Waals surface area contributed by atoms with Crippen molar-refractivity contribution in [2.45, 2.75) is 82.5 Å². The maximum absolute atomic E-state index is 10.6. The fraction of sp³-hybridized carbons (Fsp3) is 0.929. The summed E-state index contributed by atoms with van der Waals surface area (Å²) in [5.41, 5.74) is 0. The maximum Gasteiger partial charge on any atom is 0.490 e. The molecule has 0 aromatic carbocycles. The van der Waals surface area contributed by atoms with Crippen molar-refractivity contribution in [2.24, 2.45) is 0 Å². The number of nitrogens with one attached hydrogen (secondary N) is 1. The molecule has 6 heteroatoms. The first-order chi connectivity index (χ1) is 9.39. The molecule has 2 aliphatic carbocycles. The Balaban J connectivity index is 0.000000246. The van der Waals surface area contributed by atoms with Crippen molar-refractivity contribution in [1.82, 2.24) is 5.32 Å². The van der Waals surface area contributed by atoms with E-state index in [0.29, 0.717) is 0 Å². The number of alkyl halides is 3. The Labute approximate surface area is 117 Å². The summed E-state index contributed by atoms with van der Waals surface area (Å²) in [7, 11) is 0. The van der Waals surface area contributed by atoms with Crippen LogP contribution >= 0.6 is 0 Å². The summed E-state index contributed by atoms with van der Waals surface area (Å²) in [4.78, 5) is 8.90. The van der Waals surface area contributed by atoms with Crippen molar-refractivity contribution < 1.29 is 23.1 Å². The molecule has 0 aromatic heterocycles. The predicted molar refractivity (Wildman–Crippen MR) is 70.6 cm³/mol. The summed E-state index contributed by atoms with van der Waals surface area (Å²) in [5.74, 6) is -2.76. The van der Waals surface area contributed by atoms with Crippen LogP contribution in [0, 0.1) is 0 Å². The molecule has 0 spiro atoms. The average Bonchev–Trinajstić information content (AvgIpc) is 2.40. The fourth-order valence-corrected chi connectivity index (χ4v) is 2.87. The Morgan fingerprint density at radius 3 is 1.40 bits per heavy atom. The Hall–Kier alpha value is -0.780. The monoisotopic (exact) mass is 295 g/mol. The van der Waals surface area contributed by atoms with Crippen LogP contribution in [-0.4, -0.2) is 29.3 Å². The average molecular weight is 295 g/mol. The van der Waals surface area contributed by atoms with E-state index in [1.54, 1.807) is 0 Å². The number of aliphatic carboxylic acids is 1. The van der Waals surface area contributed by atoms with Crippen molar-refractivity contribution in [3.05, 3.63) is 0 Å². The van der Waals surface area contributed by atoms with E-state index >= 15 is 0 Å². The van der Waals surface area contributed by atoms with Gasteiger partial charge < -0.3 is 10.4 Å². The smallest absolute Gasteiger partial charge is 0.475 e. The third-order valence-corrected chi connectivity index (χ3v) is 3.92. The lowest BCUT2D eigenvalue weighted by molar-refractivity contribution is -0.192. The van der Waals surface area contributed by atoms with Gasteiger partial charge >= 0.3 is 12.1 Å². The Kier molecular flexibility index (Phi) is 7.34. The van der Waals surface area contributed by atoms with Gasteiger partial charge in [0.05, 0.1) is 0 Å². The zero-order valence-electron chi connectivity index (χ0n) is 11.7. The molecule has 20 heavy (non-hydrogen) atoms. The summed E-state index contributed by atoms with van der Waals surface area (Å²) < 4.78 is 31.7. The van der Waals surface area contributed by atoms with Gasteiger partial charge in [0.2, 0.25) is 0 Å². The van der Waals surface area contributed by atoms with E-state index in [0.717, 1.165) is 12.1 Å². The standard InChI is InChI=1S/C12H23N.C2HF3O2/c1-3-7-11(8-4-1)13-12-9-5-2-6-10-12;3-2(4,5)1(6)7/h11-13H,1-10H2;(H,6,7). The molecule has 2 rings (SSSR count). The van der Waals surface area contributed by atoms with Crippen LogP contribution in [-0.2, 0) is 4.79 Å². The molecule has 2 fully saturated rings. The van der Waals surface area contributed by atoms with Gasteiger partial charge in [0.25, 0.3) is 0 Å². The molecule has 0 amide bonds. The molecule has 0 bridgehead atoms. The highest BCUT2D eigenvalue weighted by molar-refractivity contribution is 5.73. The molecular formula is C14H24F3NO2. The van der Waals surface area contributed by atoms with Crippen LogP contribution in [0.3, 0.4) is 0 Å². The second-order valence-electron chi connectivity index (χ2n) is 5.64. The lowest BCUT2D eigenvalue weighted by atomic mass is 9.91. The number of halogens is 3. The minimum absolute atomic E-state index is 0.872. The van der Waals surface area contributed by atoms with Gasteiger partial charge in [0.1, 0.15) is 0 Å². The van der Waals surface area contributed by atoms with E-state index in [1.165, 1.54) is 64.2 Å². The lowest BCUT2D eigenvalue weighted by Crippen LogP contribution is -2.40. The van der Waals surface area contributed by atoms with Gasteiger partial charge in [0.15, 0.2) is 0 Å². The van der Waals surface area contributed by atoms with Crippen LogP contribution in [0.25, 0.3) is 0 Å². The third kappa shape index (κ3) is 7.12. The number of carbonyl (C=O) groups is 1. The van der Waals surface area contributed by atoms with E-state index < -0.39 is 12.1 Å². The van der Waals surface area contributed by atoms with E-state index in [9.17, 15) is 13.2 Å². The van der Waals surface area contributed by atoms with Crippen LogP contribution < -0.4 is 5.32 Å². The van der Waals surface area contributed by atoms with Gasteiger partial charge in [-0.1, -0.05) is 38.5 Å². The molecule has 2 saturated carbocycles. The molecule has 0 aromatic rings. The fourth-order valence-electron chi connectivity index (χ4n) is 2.87. The van der Waals surface area contributed by atoms with Gasteiger partial charge in [-0.05, 0) is 25.7 Å². The molecule has 3 nitrogen and oxygen atoms in total. The normalized spacial score (nSPS) is 21.9. The van der Waals surface area contributed by atoms with Gasteiger partial charge in [0, 0.05) is 12.1 Å². The molecular weight excluding hydrogens is 271 g/mol. The van der Waals surface area contributed by atoms with Crippen LogP contribution in [0.15, 0.2) is 0 Å². The predicted octanol–water partition coefficient (Wildman–Crippen LogP) is 3.87. The molecule has 0 radical (unpaired) electrons. The van der Waals surface area contributed by atoms with Crippen molar-refractivity contribution in [2.75, 3.05) is 0 Å². The Morgan fingerprint density at radius 2 is 1.15 bits per heavy atom. The van der Waals surface area contributed by atoms with Crippen LogP contribution in [0.1, 0.15) is 64.2 Å². The highest BCUT2D eigenvalue weighted by atomic mass is 19.4. The molecule has 0 unspecified atom stereocenters. The van der Waals surface area contributed by atoms with Crippen molar-refractivity contribution in [1.29, 1.82) is 0 Å². The van der Waals surface area contributed by atoms with E-state index in [4.69, 9.17) is 9.90 Å². The number of hydrogen-bond acceptors (Lipinski definition) is 2. The Morgan fingerprint density at radius 1 is 0.850 bits per heavy atom. The van der Waals surface area contributed by atoms with Gasteiger partial charge in [-0.2, -0.15) is 13.2 Å². The molecule has 118 valence electrons. The second-order valence-corrected chi connectivity index (χ2v) is 5.64. The van der Waals surface area contributed by atoms with Crippen LogP contribution in [0.4, 0.5) is 13.2 Å². The zero-order chi connectivity index (χ0) is 15.0. The van der Waals surface area contributed by atoms with Crippen molar-refractivity contribution in [3.63, 3.8) is 0 Å². The zero-order valence-corrected chi connectivity index (χ0v) is 11.7. The number of rotatable bonds is 2. The highest BCUT2D eigenvalue weighted by Gasteiger charge is 2.38. The molecule has 0 aliphatic heterocycles. The first-order valence-corrected chi connectivity index (χ1v) is 7.46. The Bertz CT molecular complexity index is 267. The number of carboxylic acid groups (broad SMARTS) is 1. The largest absolute Gasteiger partial charge is 0.490 e. The molecule has 0 atom stereocenters. The topological polar surface area (TPSA) is 49.3 Å². The van der Waals surface area contributed by atoms with Gasteiger partial charge in [-0.15, -0.1) is 0 Å². The molecule has 2 aliphatic rings. The molecule has 2 N–H and O–H groups in total. The number of hydrogen-bond donors (Lipinski definition) is 2. The first kappa shape index (κ1) is 17.3. The highest BCUT2D eigenvalue weighted by Crippen LogP contribution is 2.22. The van der Waals surface area contributed by atoms with Crippen LogP contribution in [0.2, 0.25) is 0 Å². The SMILES string of the molecule is C1CCC(NC2CCCCC2)CC1.O=C(O)C(F)(F)F. The number of carboxylic acids is 1. The summed E-state index contributed by atoms with van der Waals surface area (Å²) in [5, 5.41) is 11.0. The minimum Gasteiger partial charge on any atom is -0.475 e. The van der Waals surface area contributed by atoms with E-state index in [2.05, 4.69) is 5.32 Å².